The first-order chi connectivity index (χ1) is 13.9. The number of anilines is 1. The summed E-state index contributed by atoms with van der Waals surface area (Å²) in [5.74, 6) is 2.43. The minimum absolute atomic E-state index is 0.166. The van der Waals surface area contributed by atoms with Crippen LogP contribution < -0.4 is 4.90 Å². The van der Waals surface area contributed by atoms with Gasteiger partial charge in [0.1, 0.15) is 11.4 Å². The van der Waals surface area contributed by atoms with E-state index in [0.717, 1.165) is 61.8 Å². The number of para-hydroxylation sites is 2. The predicted octanol–water partition coefficient (Wildman–Crippen LogP) is 4.49. The van der Waals surface area contributed by atoms with Crippen molar-refractivity contribution in [2.24, 2.45) is 11.8 Å². The van der Waals surface area contributed by atoms with Gasteiger partial charge < -0.3 is 14.5 Å². The highest BCUT2D eigenvalue weighted by Crippen LogP contribution is 2.34. The lowest BCUT2D eigenvalue weighted by atomic mass is 9.79. The van der Waals surface area contributed by atoms with Gasteiger partial charge in [0.05, 0.1) is 17.2 Å². The highest BCUT2D eigenvalue weighted by atomic mass is 16.6. The first-order valence-electron chi connectivity index (χ1n) is 10.8. The van der Waals surface area contributed by atoms with Gasteiger partial charge in [-0.05, 0) is 70.4 Å². The zero-order valence-corrected chi connectivity index (χ0v) is 17.8. The number of hydrogen-bond donors (Lipinski definition) is 0. The molecule has 0 N–H and O–H groups in total. The summed E-state index contributed by atoms with van der Waals surface area (Å²) in [6.07, 6.45) is 6.28. The number of carbonyl (C=O) groups excluding carboxylic acids is 1. The van der Waals surface area contributed by atoms with E-state index in [4.69, 9.17) is 9.72 Å². The van der Waals surface area contributed by atoms with Crippen LogP contribution in [0.5, 0.6) is 0 Å². The average Bonchev–Trinajstić information content (AvgIpc) is 2.72. The van der Waals surface area contributed by atoms with Crippen molar-refractivity contribution in [3.63, 3.8) is 0 Å². The van der Waals surface area contributed by atoms with Crippen LogP contribution in [0.15, 0.2) is 30.5 Å². The molecule has 6 heteroatoms. The van der Waals surface area contributed by atoms with Gasteiger partial charge in [0.2, 0.25) is 0 Å². The zero-order chi connectivity index (χ0) is 20.4. The summed E-state index contributed by atoms with van der Waals surface area (Å²) in [4.78, 5) is 25.9. The maximum atomic E-state index is 12.3. The summed E-state index contributed by atoms with van der Waals surface area (Å²) < 4.78 is 5.52. The quantitative estimate of drug-likeness (QED) is 0.748. The normalized spacial score (nSPS) is 19.6. The summed E-state index contributed by atoms with van der Waals surface area (Å²) in [5, 5.41) is 0. The Hall–Kier alpha value is -2.37. The minimum atomic E-state index is -0.424. The Balaban J connectivity index is 1.28. The van der Waals surface area contributed by atoms with Crippen LogP contribution in [-0.4, -0.2) is 52.7 Å². The van der Waals surface area contributed by atoms with E-state index in [-0.39, 0.29) is 6.09 Å². The molecule has 0 unspecified atom stereocenters. The van der Waals surface area contributed by atoms with E-state index < -0.39 is 5.60 Å². The summed E-state index contributed by atoms with van der Waals surface area (Å²) in [6.45, 7) is 9.46. The van der Waals surface area contributed by atoms with Gasteiger partial charge in [-0.3, -0.25) is 4.98 Å². The number of amides is 1. The SMILES string of the molecule is CC(C)(C)OC(=O)N1CCC(C2CCN(c3cnc4ccccc4n3)CC2)CC1. The predicted molar refractivity (Wildman–Crippen MR) is 115 cm³/mol. The maximum absolute atomic E-state index is 12.3. The van der Waals surface area contributed by atoms with Crippen molar-refractivity contribution >= 4 is 22.9 Å². The Labute approximate surface area is 173 Å². The molecule has 2 aliphatic heterocycles. The standard InChI is InChI=1S/C23H32N4O2/c1-23(2,3)29-22(28)27-14-10-18(11-15-27)17-8-12-26(13-9-17)21-16-24-19-6-4-5-7-20(19)25-21/h4-7,16-18H,8-15H2,1-3H3. The average molecular weight is 397 g/mol. The van der Waals surface area contributed by atoms with Crippen LogP contribution >= 0.6 is 0 Å². The molecule has 0 radical (unpaired) electrons. The van der Waals surface area contributed by atoms with Gasteiger partial charge >= 0.3 is 6.09 Å². The molecule has 1 aromatic heterocycles. The minimum Gasteiger partial charge on any atom is -0.444 e. The summed E-state index contributed by atoms with van der Waals surface area (Å²) in [5.41, 5.74) is 1.48. The molecule has 29 heavy (non-hydrogen) atoms. The summed E-state index contributed by atoms with van der Waals surface area (Å²) in [7, 11) is 0. The first kappa shape index (κ1) is 19.9. The molecule has 3 heterocycles. The second-order valence-corrected chi connectivity index (χ2v) is 9.35. The van der Waals surface area contributed by atoms with Crippen LogP contribution in [0.1, 0.15) is 46.5 Å². The Kier molecular flexibility index (Phi) is 5.61. The number of fused-ring (bicyclic) bond motifs is 1. The molecule has 2 aromatic rings. The number of hydrogen-bond acceptors (Lipinski definition) is 5. The van der Waals surface area contributed by atoms with Crippen LogP contribution in [0.3, 0.4) is 0 Å². The first-order valence-corrected chi connectivity index (χ1v) is 10.8. The highest BCUT2D eigenvalue weighted by Gasteiger charge is 2.32. The van der Waals surface area contributed by atoms with E-state index in [0.29, 0.717) is 5.92 Å². The Bertz CT molecular complexity index is 847. The monoisotopic (exact) mass is 396 g/mol. The number of nitrogens with zero attached hydrogens (tertiary/aromatic N) is 4. The third-order valence-electron chi connectivity index (χ3n) is 6.16. The molecule has 0 saturated carbocycles. The molecular formula is C23H32N4O2. The summed E-state index contributed by atoms with van der Waals surface area (Å²) >= 11 is 0. The molecule has 156 valence electrons. The number of ether oxygens (including phenoxy) is 1. The zero-order valence-electron chi connectivity index (χ0n) is 17.8. The van der Waals surface area contributed by atoms with Crippen LogP contribution in [-0.2, 0) is 4.74 Å². The van der Waals surface area contributed by atoms with Gasteiger partial charge in [0.15, 0.2) is 0 Å². The molecule has 0 atom stereocenters. The Morgan fingerprint density at radius 2 is 1.55 bits per heavy atom. The van der Waals surface area contributed by atoms with E-state index in [9.17, 15) is 4.79 Å². The molecule has 2 aliphatic rings. The number of carbonyl (C=O) groups is 1. The lowest BCUT2D eigenvalue weighted by Crippen LogP contribution is -2.44. The molecule has 2 saturated heterocycles. The van der Waals surface area contributed by atoms with Crippen LogP contribution in [0.2, 0.25) is 0 Å². The van der Waals surface area contributed by atoms with Crippen molar-refractivity contribution in [1.29, 1.82) is 0 Å². The molecule has 0 spiro atoms. The van der Waals surface area contributed by atoms with Gasteiger partial charge in [0.25, 0.3) is 0 Å². The van der Waals surface area contributed by atoms with Gasteiger partial charge in [-0.2, -0.15) is 0 Å². The van der Waals surface area contributed by atoms with Crippen molar-refractivity contribution in [2.45, 2.75) is 52.1 Å². The van der Waals surface area contributed by atoms with Crippen molar-refractivity contribution in [3.8, 4) is 0 Å². The third kappa shape index (κ3) is 4.80. The maximum Gasteiger partial charge on any atom is 0.410 e. The van der Waals surface area contributed by atoms with E-state index >= 15 is 0 Å². The van der Waals surface area contributed by atoms with Crippen molar-refractivity contribution < 1.29 is 9.53 Å². The van der Waals surface area contributed by atoms with E-state index in [1.165, 1.54) is 12.8 Å². The Morgan fingerprint density at radius 1 is 0.966 bits per heavy atom. The second-order valence-electron chi connectivity index (χ2n) is 9.35. The van der Waals surface area contributed by atoms with Crippen LogP contribution in [0.25, 0.3) is 11.0 Å². The fourth-order valence-corrected chi connectivity index (χ4v) is 4.58. The lowest BCUT2D eigenvalue weighted by Gasteiger charge is -2.40. The van der Waals surface area contributed by atoms with Crippen molar-refractivity contribution in [2.75, 3.05) is 31.1 Å². The number of aromatic nitrogens is 2. The van der Waals surface area contributed by atoms with Gasteiger partial charge in [-0.1, -0.05) is 12.1 Å². The third-order valence-corrected chi connectivity index (χ3v) is 6.16. The van der Waals surface area contributed by atoms with Gasteiger partial charge in [0, 0.05) is 26.2 Å². The molecule has 0 aliphatic carbocycles. The van der Waals surface area contributed by atoms with Crippen LogP contribution in [0.4, 0.5) is 10.6 Å². The fraction of sp³-hybridized carbons (Fsp3) is 0.609. The van der Waals surface area contributed by atoms with Crippen molar-refractivity contribution in [3.05, 3.63) is 30.5 Å². The van der Waals surface area contributed by atoms with Gasteiger partial charge in [-0.25, -0.2) is 9.78 Å². The van der Waals surface area contributed by atoms with E-state index in [2.05, 4.69) is 9.88 Å². The molecule has 2 fully saturated rings. The topological polar surface area (TPSA) is 58.6 Å². The number of benzene rings is 1. The Morgan fingerprint density at radius 3 is 2.17 bits per heavy atom. The lowest BCUT2D eigenvalue weighted by molar-refractivity contribution is 0.0152. The number of piperidine rings is 2. The molecular weight excluding hydrogens is 364 g/mol. The second kappa shape index (κ2) is 8.17. The smallest absolute Gasteiger partial charge is 0.410 e. The molecule has 1 aromatic carbocycles. The number of likely N-dealkylation sites (tertiary alicyclic amines) is 1. The van der Waals surface area contributed by atoms with E-state index in [1.54, 1.807) is 0 Å². The molecule has 4 rings (SSSR count). The summed E-state index contributed by atoms with van der Waals surface area (Å²) in [6, 6.07) is 8.03. The van der Waals surface area contributed by atoms with Gasteiger partial charge in [-0.15, -0.1) is 0 Å². The highest BCUT2D eigenvalue weighted by molar-refractivity contribution is 5.75. The van der Waals surface area contributed by atoms with Crippen molar-refractivity contribution in [1.82, 2.24) is 14.9 Å². The molecule has 1 amide bonds. The molecule has 6 nitrogen and oxygen atoms in total. The number of rotatable bonds is 2. The van der Waals surface area contributed by atoms with Crippen LogP contribution in [0, 0.1) is 11.8 Å². The molecule has 0 bridgehead atoms. The largest absolute Gasteiger partial charge is 0.444 e. The fourth-order valence-electron chi connectivity index (χ4n) is 4.58. The van der Waals surface area contributed by atoms with E-state index in [1.807, 2.05) is 56.1 Å².